The fourth-order valence-electron chi connectivity index (χ4n) is 2.28. The van der Waals surface area contributed by atoms with Crippen LogP contribution in [-0.4, -0.2) is 39.3 Å². The highest BCUT2D eigenvalue weighted by atomic mass is 32.2. The molecule has 2 aromatic rings. The minimum absolute atomic E-state index is 0.145. The zero-order valence-electron chi connectivity index (χ0n) is 15.2. The van der Waals surface area contributed by atoms with Crippen LogP contribution in [0.4, 0.5) is 0 Å². The van der Waals surface area contributed by atoms with Crippen LogP contribution in [0.15, 0.2) is 53.4 Å². The van der Waals surface area contributed by atoms with Crippen molar-refractivity contribution in [1.29, 1.82) is 0 Å². The summed E-state index contributed by atoms with van der Waals surface area (Å²) in [4.78, 5) is 12.2. The molecule has 0 aromatic heterocycles. The Kier molecular flexibility index (Phi) is 6.76. The van der Waals surface area contributed by atoms with Crippen LogP contribution in [0.3, 0.4) is 0 Å². The third kappa shape index (κ3) is 5.31. The van der Waals surface area contributed by atoms with Gasteiger partial charge >= 0.3 is 0 Å². The lowest BCUT2D eigenvalue weighted by Crippen LogP contribution is -2.27. The highest BCUT2D eigenvalue weighted by Crippen LogP contribution is 2.18. The van der Waals surface area contributed by atoms with Gasteiger partial charge in [-0.25, -0.2) is 12.7 Å². The van der Waals surface area contributed by atoms with Crippen LogP contribution >= 0.6 is 0 Å². The number of nitrogens with zero attached hydrogens (tertiary/aromatic N) is 1. The van der Waals surface area contributed by atoms with E-state index in [0.29, 0.717) is 11.3 Å². The fraction of sp³-hybridized carbons (Fsp3) is 0.316. The predicted octanol–water partition coefficient (Wildman–Crippen LogP) is 2.33. The number of carbonyl (C=O) groups is 1. The molecule has 140 valence electrons. The van der Waals surface area contributed by atoms with Gasteiger partial charge < -0.3 is 10.1 Å². The first-order valence-corrected chi connectivity index (χ1v) is 9.71. The third-order valence-corrected chi connectivity index (χ3v) is 5.74. The van der Waals surface area contributed by atoms with Gasteiger partial charge in [0.05, 0.1) is 17.9 Å². The molecule has 0 aliphatic heterocycles. The number of benzene rings is 2. The molecule has 7 heteroatoms. The minimum Gasteiger partial charge on any atom is -0.493 e. The number of aryl methyl sites for hydroxylation is 1. The van der Waals surface area contributed by atoms with E-state index in [9.17, 15) is 13.2 Å². The molecule has 0 aliphatic rings. The molecule has 6 nitrogen and oxygen atoms in total. The van der Waals surface area contributed by atoms with Crippen LogP contribution in [0.1, 0.15) is 17.5 Å². The highest BCUT2D eigenvalue weighted by molar-refractivity contribution is 7.89. The second-order valence-corrected chi connectivity index (χ2v) is 8.20. The second-order valence-electron chi connectivity index (χ2n) is 6.08. The van der Waals surface area contributed by atoms with Gasteiger partial charge in [-0.3, -0.25) is 4.79 Å². The first-order chi connectivity index (χ1) is 12.3. The van der Waals surface area contributed by atoms with Crippen molar-refractivity contribution < 1.29 is 17.9 Å². The largest absolute Gasteiger partial charge is 0.493 e. The first-order valence-electron chi connectivity index (χ1n) is 8.27. The van der Waals surface area contributed by atoms with E-state index in [1.807, 2.05) is 31.2 Å². The van der Waals surface area contributed by atoms with Crippen LogP contribution in [0.2, 0.25) is 0 Å². The molecule has 0 unspecified atom stereocenters. The number of hydrogen-bond donors (Lipinski definition) is 1. The molecule has 1 amide bonds. The lowest BCUT2D eigenvalue weighted by molar-refractivity contribution is -0.121. The average molecular weight is 376 g/mol. The number of carbonyl (C=O) groups excluding carboxylic acids is 1. The molecule has 0 spiro atoms. The van der Waals surface area contributed by atoms with E-state index in [-0.39, 0.29) is 30.4 Å². The molecular weight excluding hydrogens is 352 g/mol. The van der Waals surface area contributed by atoms with Crippen molar-refractivity contribution in [1.82, 2.24) is 9.62 Å². The van der Waals surface area contributed by atoms with Crippen molar-refractivity contribution in [3.8, 4) is 5.75 Å². The van der Waals surface area contributed by atoms with Crippen molar-refractivity contribution in [2.75, 3.05) is 20.7 Å². The molecule has 0 aliphatic carbocycles. The summed E-state index contributed by atoms with van der Waals surface area (Å²) in [6, 6.07) is 14.2. The highest BCUT2D eigenvalue weighted by Gasteiger charge is 2.20. The Morgan fingerprint density at radius 1 is 1.08 bits per heavy atom. The summed E-state index contributed by atoms with van der Waals surface area (Å²) in [7, 11) is -0.596. The van der Waals surface area contributed by atoms with Crippen LogP contribution in [0.25, 0.3) is 0 Å². The number of nitrogens with one attached hydrogen (secondary N) is 1. The van der Waals surface area contributed by atoms with Crippen molar-refractivity contribution in [2.24, 2.45) is 0 Å². The van der Waals surface area contributed by atoms with Crippen LogP contribution in [0.5, 0.6) is 5.75 Å². The number of sulfonamides is 1. The van der Waals surface area contributed by atoms with Crippen LogP contribution in [0, 0.1) is 6.92 Å². The molecule has 2 aromatic carbocycles. The standard InChI is InChI=1S/C19H24N2O4S/c1-15-8-10-17(11-9-15)25-13-12-19(22)20-14-16-6-4-5-7-18(16)26(23,24)21(2)3/h4-11H,12-14H2,1-3H3,(H,20,22). The Morgan fingerprint density at radius 2 is 1.73 bits per heavy atom. The Bertz CT molecular complexity index is 846. The maximum absolute atomic E-state index is 12.3. The molecule has 0 saturated heterocycles. The lowest BCUT2D eigenvalue weighted by Gasteiger charge is -2.15. The number of rotatable bonds is 8. The van der Waals surface area contributed by atoms with Gasteiger partial charge in [0.1, 0.15) is 5.75 Å². The summed E-state index contributed by atoms with van der Waals surface area (Å²) < 4.78 is 31.4. The normalized spacial score (nSPS) is 11.4. The molecule has 2 rings (SSSR count). The quantitative estimate of drug-likeness (QED) is 0.767. The summed E-state index contributed by atoms with van der Waals surface area (Å²) in [6.07, 6.45) is 0.191. The average Bonchev–Trinajstić information content (AvgIpc) is 2.61. The molecular formula is C19H24N2O4S. The van der Waals surface area contributed by atoms with Crippen LogP contribution < -0.4 is 10.1 Å². The van der Waals surface area contributed by atoms with Gasteiger partial charge in [-0.15, -0.1) is 0 Å². The van der Waals surface area contributed by atoms with Gasteiger partial charge in [-0.05, 0) is 30.7 Å². The van der Waals surface area contributed by atoms with E-state index in [1.54, 1.807) is 18.2 Å². The molecule has 0 heterocycles. The Morgan fingerprint density at radius 3 is 2.38 bits per heavy atom. The molecule has 1 N–H and O–H groups in total. The van der Waals surface area contributed by atoms with Gasteiger partial charge in [0.25, 0.3) is 0 Å². The fourth-order valence-corrected chi connectivity index (χ4v) is 3.39. The number of amides is 1. The lowest BCUT2D eigenvalue weighted by atomic mass is 10.2. The van der Waals surface area contributed by atoms with Crippen LogP contribution in [-0.2, 0) is 21.4 Å². The van der Waals surface area contributed by atoms with Gasteiger partial charge in [-0.1, -0.05) is 35.9 Å². The summed E-state index contributed by atoms with van der Waals surface area (Å²) >= 11 is 0. The topological polar surface area (TPSA) is 75.7 Å². The molecule has 0 saturated carbocycles. The molecule has 0 atom stereocenters. The van der Waals surface area contributed by atoms with E-state index in [2.05, 4.69) is 5.32 Å². The summed E-state index contributed by atoms with van der Waals surface area (Å²) in [5.74, 6) is 0.514. The number of hydrogen-bond acceptors (Lipinski definition) is 4. The summed E-state index contributed by atoms with van der Waals surface area (Å²) in [6.45, 7) is 2.39. The Balaban J connectivity index is 1.89. The predicted molar refractivity (Wildman–Crippen MR) is 100 cm³/mol. The monoisotopic (exact) mass is 376 g/mol. The van der Waals surface area contributed by atoms with Gasteiger partial charge in [0.2, 0.25) is 15.9 Å². The maximum atomic E-state index is 12.3. The van der Waals surface area contributed by atoms with Crippen molar-refractivity contribution in [3.63, 3.8) is 0 Å². The van der Waals surface area contributed by atoms with E-state index in [4.69, 9.17) is 4.74 Å². The molecule has 0 radical (unpaired) electrons. The smallest absolute Gasteiger partial charge is 0.242 e. The van der Waals surface area contributed by atoms with Crippen molar-refractivity contribution in [2.45, 2.75) is 24.8 Å². The van der Waals surface area contributed by atoms with E-state index in [0.717, 1.165) is 9.87 Å². The van der Waals surface area contributed by atoms with E-state index >= 15 is 0 Å². The van der Waals surface area contributed by atoms with Crippen molar-refractivity contribution >= 4 is 15.9 Å². The summed E-state index contributed by atoms with van der Waals surface area (Å²) in [5, 5.41) is 2.74. The zero-order valence-corrected chi connectivity index (χ0v) is 16.0. The second kappa shape index (κ2) is 8.82. The third-order valence-electron chi connectivity index (χ3n) is 3.83. The van der Waals surface area contributed by atoms with Gasteiger partial charge in [-0.2, -0.15) is 0 Å². The Hall–Kier alpha value is -2.38. The van der Waals surface area contributed by atoms with Gasteiger partial charge in [0.15, 0.2) is 0 Å². The first kappa shape index (κ1) is 19.9. The minimum atomic E-state index is -3.55. The number of ether oxygens (including phenoxy) is 1. The Labute approximate surface area is 154 Å². The van der Waals surface area contributed by atoms with E-state index in [1.165, 1.54) is 20.2 Å². The molecule has 0 bridgehead atoms. The molecule has 26 heavy (non-hydrogen) atoms. The summed E-state index contributed by atoms with van der Waals surface area (Å²) in [5.41, 5.74) is 1.69. The van der Waals surface area contributed by atoms with Gasteiger partial charge in [0, 0.05) is 20.6 Å². The van der Waals surface area contributed by atoms with E-state index < -0.39 is 10.0 Å². The zero-order chi connectivity index (χ0) is 19.2. The maximum Gasteiger partial charge on any atom is 0.242 e. The molecule has 0 fully saturated rings. The van der Waals surface area contributed by atoms with Crippen molar-refractivity contribution in [3.05, 3.63) is 59.7 Å². The SMILES string of the molecule is Cc1ccc(OCCC(=O)NCc2ccccc2S(=O)(=O)N(C)C)cc1.